The number of rotatable bonds is 8. The van der Waals surface area contributed by atoms with Gasteiger partial charge in [0.05, 0.1) is 23.6 Å². The summed E-state index contributed by atoms with van der Waals surface area (Å²) in [5.74, 6) is 0. The number of anilines is 1. The zero-order valence-electron chi connectivity index (χ0n) is 30.6. The van der Waals surface area contributed by atoms with Crippen LogP contribution in [0, 0.1) is 0 Å². The second-order valence-electron chi connectivity index (χ2n) is 14.8. The number of allylic oxidation sites excluding steroid dienone is 1. The largest absolute Gasteiger partial charge is 0.464 e. The molecule has 3 aromatic heterocycles. The molecule has 1 N–H and O–H groups in total. The van der Waals surface area contributed by atoms with Crippen molar-refractivity contribution in [2.45, 2.75) is 26.2 Å². The molecule has 0 saturated heterocycles. The van der Waals surface area contributed by atoms with Crippen molar-refractivity contribution in [3.63, 3.8) is 0 Å². The highest BCUT2D eigenvalue weighted by Gasteiger charge is 2.19. The first-order valence-electron chi connectivity index (χ1n) is 18.3. The molecule has 0 aliphatic heterocycles. The van der Waals surface area contributed by atoms with Crippen LogP contribution in [0.2, 0.25) is 0 Å². The smallest absolute Gasteiger partial charge is 0.141 e. The molecule has 0 atom stereocenters. The maximum Gasteiger partial charge on any atom is 0.141 e. The molecule has 0 aliphatic carbocycles. The third-order valence-electron chi connectivity index (χ3n) is 10.3. The average molecular weight is 701 g/mol. The summed E-state index contributed by atoms with van der Waals surface area (Å²) in [5, 5.41) is 8.22. The normalized spacial score (nSPS) is 12.5. The predicted octanol–water partition coefficient (Wildman–Crippen LogP) is 14.0. The molecule has 0 amide bonds. The van der Waals surface area contributed by atoms with Crippen LogP contribution in [-0.4, -0.2) is 4.57 Å². The number of nitrogens with one attached hydrogen (secondary N) is 1. The third-order valence-corrected chi connectivity index (χ3v) is 10.3. The van der Waals surface area contributed by atoms with Gasteiger partial charge in [0.15, 0.2) is 0 Å². The van der Waals surface area contributed by atoms with E-state index < -0.39 is 0 Å². The summed E-state index contributed by atoms with van der Waals surface area (Å²) in [6.45, 7) is 11.0. The van der Waals surface area contributed by atoms with E-state index in [4.69, 9.17) is 8.83 Å². The molecule has 3 heterocycles. The topological polar surface area (TPSA) is 43.2 Å². The Morgan fingerprint density at radius 1 is 0.611 bits per heavy atom. The Hall–Kier alpha value is -6.78. The highest BCUT2D eigenvalue weighted by Crippen LogP contribution is 2.38. The van der Waals surface area contributed by atoms with Crippen molar-refractivity contribution in [3.05, 3.63) is 187 Å². The minimum absolute atomic E-state index is 0.0435. The number of para-hydroxylation sites is 3. The van der Waals surface area contributed by atoms with E-state index in [1.807, 2.05) is 30.5 Å². The predicted molar refractivity (Wildman–Crippen MR) is 228 cm³/mol. The number of hydrogen-bond donors (Lipinski definition) is 1. The third kappa shape index (κ3) is 6.02. The zero-order chi connectivity index (χ0) is 36.8. The van der Waals surface area contributed by atoms with Crippen molar-refractivity contribution in [1.29, 1.82) is 0 Å². The first-order valence-corrected chi connectivity index (χ1v) is 18.3. The molecule has 54 heavy (non-hydrogen) atoms. The standard InChI is InChI=1S/C50H40N2O2/c1-5-39(28-37-32-54-49-33(13-12-19-43(37)49)21-22-36-31-53-48-20-10-9-18-42(36)48)51-40-15-11-14-34(27-40)35-23-25-46-44(29-35)45-30-38(50(2,3)4)24-26-47(45)52(46)41-16-7-6-8-17-41/h5-32,51H,1H2,2-4H3/b22-21-,39-28+. The molecule has 9 rings (SSSR count). The molecule has 9 aromatic rings. The van der Waals surface area contributed by atoms with E-state index >= 15 is 0 Å². The number of benzene rings is 6. The lowest BCUT2D eigenvalue weighted by Crippen LogP contribution is -2.10. The van der Waals surface area contributed by atoms with Gasteiger partial charge in [0, 0.05) is 55.3 Å². The Morgan fingerprint density at radius 2 is 1.31 bits per heavy atom. The molecule has 6 aromatic carbocycles. The van der Waals surface area contributed by atoms with Crippen molar-refractivity contribution in [2.24, 2.45) is 0 Å². The summed E-state index contributed by atoms with van der Waals surface area (Å²) in [6.07, 6.45) is 11.7. The van der Waals surface area contributed by atoms with Crippen LogP contribution in [0.5, 0.6) is 0 Å². The maximum atomic E-state index is 6.15. The highest BCUT2D eigenvalue weighted by atomic mass is 16.3. The van der Waals surface area contributed by atoms with Crippen molar-refractivity contribution in [1.82, 2.24) is 4.57 Å². The van der Waals surface area contributed by atoms with Crippen molar-refractivity contribution < 1.29 is 8.83 Å². The summed E-state index contributed by atoms with van der Waals surface area (Å²) in [6, 6.07) is 47.2. The van der Waals surface area contributed by atoms with Crippen molar-refractivity contribution >= 4 is 67.7 Å². The fourth-order valence-electron chi connectivity index (χ4n) is 7.43. The molecule has 0 bridgehead atoms. The van der Waals surface area contributed by atoms with Crippen LogP contribution < -0.4 is 5.32 Å². The summed E-state index contributed by atoms with van der Waals surface area (Å²) in [4.78, 5) is 0. The second kappa shape index (κ2) is 13.3. The summed E-state index contributed by atoms with van der Waals surface area (Å²) in [5.41, 5.74) is 13.8. The maximum absolute atomic E-state index is 6.15. The molecule has 0 saturated carbocycles. The molecule has 0 unspecified atom stereocenters. The van der Waals surface area contributed by atoms with E-state index in [1.165, 1.54) is 27.4 Å². The molecule has 4 heteroatoms. The molecule has 0 aliphatic rings. The first kappa shape index (κ1) is 33.1. The lowest BCUT2D eigenvalue weighted by Gasteiger charge is -2.19. The fraction of sp³-hybridized carbons (Fsp3) is 0.0800. The van der Waals surface area contributed by atoms with Crippen LogP contribution in [-0.2, 0) is 5.41 Å². The molecule has 0 radical (unpaired) electrons. The number of aromatic nitrogens is 1. The lowest BCUT2D eigenvalue weighted by atomic mass is 9.86. The van der Waals surface area contributed by atoms with Gasteiger partial charge in [-0.2, -0.15) is 0 Å². The van der Waals surface area contributed by atoms with Gasteiger partial charge in [-0.05, 0) is 88.9 Å². The van der Waals surface area contributed by atoms with Gasteiger partial charge >= 0.3 is 0 Å². The Bertz CT molecular complexity index is 2910. The fourth-order valence-corrected chi connectivity index (χ4v) is 7.43. The van der Waals surface area contributed by atoms with E-state index in [0.717, 1.165) is 66.8 Å². The molecule has 0 spiro atoms. The zero-order valence-corrected chi connectivity index (χ0v) is 30.6. The minimum Gasteiger partial charge on any atom is -0.464 e. The Kier molecular flexibility index (Phi) is 8.16. The lowest BCUT2D eigenvalue weighted by molar-refractivity contribution is 0.591. The van der Waals surface area contributed by atoms with Crippen molar-refractivity contribution in [2.75, 3.05) is 5.32 Å². The van der Waals surface area contributed by atoms with Gasteiger partial charge in [0.2, 0.25) is 0 Å². The van der Waals surface area contributed by atoms with Crippen LogP contribution >= 0.6 is 0 Å². The van der Waals surface area contributed by atoms with Gasteiger partial charge in [0.25, 0.3) is 0 Å². The van der Waals surface area contributed by atoms with Gasteiger partial charge in [-0.15, -0.1) is 0 Å². The quantitative estimate of drug-likeness (QED) is 0.161. The van der Waals surface area contributed by atoms with Gasteiger partial charge in [0.1, 0.15) is 11.2 Å². The van der Waals surface area contributed by atoms with E-state index in [0.29, 0.717) is 0 Å². The van der Waals surface area contributed by atoms with Gasteiger partial charge in [-0.1, -0.05) is 118 Å². The monoisotopic (exact) mass is 700 g/mol. The molecule has 262 valence electrons. The Balaban J connectivity index is 1.04. The molecule has 0 fully saturated rings. The van der Waals surface area contributed by atoms with Crippen LogP contribution in [0.4, 0.5) is 5.69 Å². The van der Waals surface area contributed by atoms with Crippen LogP contribution in [0.3, 0.4) is 0 Å². The van der Waals surface area contributed by atoms with Gasteiger partial charge in [-0.3, -0.25) is 0 Å². The van der Waals surface area contributed by atoms with E-state index in [9.17, 15) is 0 Å². The number of nitrogens with zero attached hydrogens (tertiary/aromatic N) is 1. The van der Waals surface area contributed by atoms with Crippen LogP contribution in [0.1, 0.15) is 43.0 Å². The number of furan rings is 2. The van der Waals surface area contributed by atoms with E-state index in [1.54, 1.807) is 6.26 Å². The SMILES string of the molecule is C=C/C(=C\c1coc2c(/C=C\c3coc4ccccc34)cccc12)Nc1cccc(-c2ccc3c(c2)c2cc(C(C)(C)C)ccc2n3-c2ccccc2)c1. The summed E-state index contributed by atoms with van der Waals surface area (Å²) < 4.78 is 14.3. The van der Waals surface area contributed by atoms with Gasteiger partial charge in [-0.25, -0.2) is 0 Å². The number of hydrogen-bond acceptors (Lipinski definition) is 3. The minimum atomic E-state index is 0.0435. The number of fused-ring (bicyclic) bond motifs is 5. The van der Waals surface area contributed by atoms with E-state index in [2.05, 4.69) is 171 Å². The second-order valence-corrected chi connectivity index (χ2v) is 14.8. The summed E-state index contributed by atoms with van der Waals surface area (Å²) in [7, 11) is 0. The molecular weight excluding hydrogens is 661 g/mol. The van der Waals surface area contributed by atoms with E-state index in [-0.39, 0.29) is 5.41 Å². The first-order chi connectivity index (χ1) is 26.3. The highest BCUT2D eigenvalue weighted by molar-refractivity contribution is 6.11. The average Bonchev–Trinajstić information content (AvgIpc) is 3.90. The van der Waals surface area contributed by atoms with Crippen LogP contribution in [0.25, 0.3) is 78.8 Å². The Labute approximate surface area is 315 Å². The molecular formula is C50H40N2O2. The Morgan fingerprint density at radius 3 is 2.15 bits per heavy atom. The molecule has 4 nitrogen and oxygen atoms in total. The summed E-state index contributed by atoms with van der Waals surface area (Å²) >= 11 is 0. The van der Waals surface area contributed by atoms with Gasteiger partial charge < -0.3 is 18.7 Å². The van der Waals surface area contributed by atoms with Crippen LogP contribution in [0.15, 0.2) is 173 Å². The van der Waals surface area contributed by atoms with Crippen molar-refractivity contribution in [3.8, 4) is 16.8 Å².